The van der Waals surface area contributed by atoms with E-state index in [1.165, 1.54) is 12.1 Å². The molecule has 31 heavy (non-hydrogen) atoms. The van der Waals surface area contributed by atoms with Crippen molar-refractivity contribution < 1.29 is 18.7 Å². The van der Waals surface area contributed by atoms with E-state index in [9.17, 15) is 18.7 Å². The normalized spacial score (nSPS) is 13.0. The Kier molecular flexibility index (Phi) is 7.41. The number of anilines is 1. The van der Waals surface area contributed by atoms with Gasteiger partial charge in [0.15, 0.2) is 0 Å². The maximum atomic E-state index is 13.4. The van der Waals surface area contributed by atoms with Crippen molar-refractivity contribution in [2.75, 3.05) is 18.8 Å². The highest BCUT2D eigenvalue weighted by molar-refractivity contribution is 7.80. The molecule has 3 N–H and O–H groups in total. The van der Waals surface area contributed by atoms with Crippen molar-refractivity contribution in [3.8, 4) is 16.9 Å². The van der Waals surface area contributed by atoms with Crippen molar-refractivity contribution >= 4 is 35.8 Å². The standard InChI is InChI=1S/C12H9F2N.C11H12ClNO2S/c13-10-7-11(14)12(15)6-9(10)8-4-2-1-3-5-8;12-8-5-7(6-9(16)10(8)14)11(15)13-3-1-2-4-13/h1-7H,15H2;5-6,14,16H,1-4H2. The van der Waals surface area contributed by atoms with Gasteiger partial charge in [-0.2, -0.15) is 0 Å². The van der Waals surface area contributed by atoms with Crippen LogP contribution in [0.3, 0.4) is 0 Å². The van der Waals surface area contributed by atoms with Crippen LogP contribution >= 0.6 is 24.2 Å². The van der Waals surface area contributed by atoms with Gasteiger partial charge in [-0.05, 0) is 36.6 Å². The molecule has 1 saturated heterocycles. The molecule has 0 saturated carbocycles. The van der Waals surface area contributed by atoms with Crippen molar-refractivity contribution in [3.63, 3.8) is 0 Å². The summed E-state index contributed by atoms with van der Waals surface area (Å²) in [5.74, 6) is -1.46. The van der Waals surface area contributed by atoms with Gasteiger partial charge in [-0.1, -0.05) is 41.9 Å². The van der Waals surface area contributed by atoms with Crippen LogP contribution in [0.25, 0.3) is 11.1 Å². The Labute approximate surface area is 189 Å². The summed E-state index contributed by atoms with van der Waals surface area (Å²) in [5, 5.41) is 9.61. The average molecular weight is 463 g/mol. The van der Waals surface area contributed by atoms with Crippen LogP contribution in [0.2, 0.25) is 5.02 Å². The third-order valence-electron chi connectivity index (χ3n) is 4.85. The van der Waals surface area contributed by atoms with Gasteiger partial charge >= 0.3 is 0 Å². The summed E-state index contributed by atoms with van der Waals surface area (Å²) in [6.07, 6.45) is 2.09. The molecular formula is C23H21ClF2N2O2S. The maximum absolute atomic E-state index is 13.4. The van der Waals surface area contributed by atoms with E-state index in [0.29, 0.717) is 21.6 Å². The van der Waals surface area contributed by atoms with Crippen LogP contribution in [0, 0.1) is 11.6 Å². The molecule has 3 aromatic rings. The number of nitrogens with zero attached hydrogens (tertiary/aromatic N) is 1. The number of phenolic OH excluding ortho intramolecular Hbond substituents is 1. The number of likely N-dealkylation sites (tertiary alicyclic amines) is 1. The minimum absolute atomic E-state index is 0.0461. The molecule has 0 radical (unpaired) electrons. The van der Waals surface area contributed by atoms with E-state index in [2.05, 4.69) is 12.6 Å². The molecule has 1 amide bonds. The van der Waals surface area contributed by atoms with E-state index < -0.39 is 11.6 Å². The molecule has 4 nitrogen and oxygen atoms in total. The zero-order valence-electron chi connectivity index (χ0n) is 16.5. The van der Waals surface area contributed by atoms with Crippen LogP contribution in [-0.4, -0.2) is 29.0 Å². The third kappa shape index (κ3) is 5.48. The Hall–Kier alpha value is -2.77. The second-order valence-electron chi connectivity index (χ2n) is 7.04. The number of carbonyl (C=O) groups excluding carboxylic acids is 1. The Morgan fingerprint density at radius 1 is 1.03 bits per heavy atom. The Morgan fingerprint density at radius 3 is 2.29 bits per heavy atom. The van der Waals surface area contributed by atoms with Gasteiger partial charge in [-0.25, -0.2) is 8.78 Å². The first kappa shape index (κ1) is 22.9. The smallest absolute Gasteiger partial charge is 0.253 e. The molecule has 8 heteroatoms. The number of nitrogens with two attached hydrogens (primary N) is 1. The number of rotatable bonds is 2. The predicted octanol–water partition coefficient (Wildman–Crippen LogP) is 5.78. The molecule has 0 aliphatic carbocycles. The molecule has 162 valence electrons. The number of nitrogen functional groups attached to an aromatic ring is 1. The van der Waals surface area contributed by atoms with Gasteiger partial charge in [0.2, 0.25) is 0 Å². The number of hydrogen-bond acceptors (Lipinski definition) is 4. The maximum Gasteiger partial charge on any atom is 0.253 e. The first-order valence-corrected chi connectivity index (χ1v) is 10.4. The zero-order valence-corrected chi connectivity index (χ0v) is 18.1. The molecule has 1 fully saturated rings. The Balaban J connectivity index is 0.000000176. The summed E-state index contributed by atoms with van der Waals surface area (Å²) in [6.45, 7) is 1.58. The van der Waals surface area contributed by atoms with Crippen molar-refractivity contribution in [3.05, 3.63) is 76.8 Å². The number of amides is 1. The highest BCUT2D eigenvalue weighted by atomic mass is 35.5. The fourth-order valence-electron chi connectivity index (χ4n) is 3.22. The van der Waals surface area contributed by atoms with Crippen LogP contribution in [0.15, 0.2) is 59.5 Å². The summed E-state index contributed by atoms with van der Waals surface area (Å²) >= 11 is 9.87. The van der Waals surface area contributed by atoms with Gasteiger partial charge < -0.3 is 15.7 Å². The lowest BCUT2D eigenvalue weighted by Crippen LogP contribution is -2.27. The van der Waals surface area contributed by atoms with Crippen LogP contribution in [0.5, 0.6) is 5.75 Å². The van der Waals surface area contributed by atoms with Crippen molar-refractivity contribution in [2.24, 2.45) is 0 Å². The monoisotopic (exact) mass is 462 g/mol. The van der Waals surface area contributed by atoms with Gasteiger partial charge in [0.25, 0.3) is 5.91 Å². The molecule has 1 aliphatic rings. The number of aromatic hydroxyl groups is 1. The number of phenols is 1. The molecule has 1 heterocycles. The third-order valence-corrected chi connectivity index (χ3v) is 5.48. The number of benzene rings is 3. The van der Waals surface area contributed by atoms with Crippen LogP contribution < -0.4 is 5.73 Å². The van der Waals surface area contributed by atoms with Gasteiger partial charge in [0.1, 0.15) is 17.4 Å². The first-order valence-electron chi connectivity index (χ1n) is 9.58. The number of thiol groups is 1. The second-order valence-corrected chi connectivity index (χ2v) is 7.93. The summed E-state index contributed by atoms with van der Waals surface area (Å²) in [5.41, 5.74) is 6.82. The van der Waals surface area contributed by atoms with E-state index in [4.69, 9.17) is 17.3 Å². The molecule has 0 bridgehead atoms. The van der Waals surface area contributed by atoms with Crippen molar-refractivity contribution in [1.82, 2.24) is 4.90 Å². The summed E-state index contributed by atoms with van der Waals surface area (Å²) in [7, 11) is 0. The van der Waals surface area contributed by atoms with E-state index in [1.54, 1.807) is 35.2 Å². The van der Waals surface area contributed by atoms with Crippen LogP contribution in [0.1, 0.15) is 23.2 Å². The highest BCUT2D eigenvalue weighted by Crippen LogP contribution is 2.32. The lowest BCUT2D eigenvalue weighted by Gasteiger charge is -2.15. The molecule has 4 rings (SSSR count). The van der Waals surface area contributed by atoms with Crippen molar-refractivity contribution in [2.45, 2.75) is 17.7 Å². The predicted molar refractivity (Wildman–Crippen MR) is 122 cm³/mol. The summed E-state index contributed by atoms with van der Waals surface area (Å²) in [6, 6.07) is 14.0. The lowest BCUT2D eigenvalue weighted by atomic mass is 10.0. The molecule has 3 aromatic carbocycles. The average Bonchev–Trinajstić information content (AvgIpc) is 3.30. The van der Waals surface area contributed by atoms with E-state index in [1.807, 2.05) is 6.07 Å². The lowest BCUT2D eigenvalue weighted by molar-refractivity contribution is 0.0792. The van der Waals surface area contributed by atoms with Crippen LogP contribution in [-0.2, 0) is 0 Å². The van der Waals surface area contributed by atoms with E-state index in [0.717, 1.165) is 32.0 Å². The minimum Gasteiger partial charge on any atom is -0.505 e. The minimum atomic E-state index is -0.729. The summed E-state index contributed by atoms with van der Waals surface area (Å²) < 4.78 is 26.3. The van der Waals surface area contributed by atoms with Crippen LogP contribution in [0.4, 0.5) is 14.5 Å². The quantitative estimate of drug-likeness (QED) is 0.334. The van der Waals surface area contributed by atoms with E-state index >= 15 is 0 Å². The molecular weight excluding hydrogens is 442 g/mol. The highest BCUT2D eigenvalue weighted by Gasteiger charge is 2.21. The molecule has 1 aliphatic heterocycles. The van der Waals surface area contributed by atoms with Gasteiger partial charge in [-0.15, -0.1) is 12.6 Å². The fraction of sp³-hybridized carbons (Fsp3) is 0.174. The number of carbonyl (C=O) groups is 1. The largest absolute Gasteiger partial charge is 0.505 e. The molecule has 0 unspecified atom stereocenters. The van der Waals surface area contributed by atoms with Gasteiger partial charge in [-0.3, -0.25) is 4.79 Å². The second kappa shape index (κ2) is 10.0. The SMILES string of the molecule is Nc1cc(-c2ccccc2)c(F)cc1F.O=C(c1cc(S)c(O)c(Cl)c1)N1CCCC1. The fourth-order valence-corrected chi connectivity index (χ4v) is 3.76. The molecule has 0 spiro atoms. The van der Waals surface area contributed by atoms with Crippen molar-refractivity contribution in [1.29, 1.82) is 0 Å². The Morgan fingerprint density at radius 2 is 1.68 bits per heavy atom. The first-order chi connectivity index (χ1) is 14.8. The van der Waals surface area contributed by atoms with Gasteiger partial charge in [0.05, 0.1) is 10.7 Å². The van der Waals surface area contributed by atoms with Gasteiger partial charge in [0, 0.05) is 35.2 Å². The Bertz CT molecular complexity index is 1070. The number of halogens is 3. The zero-order chi connectivity index (χ0) is 22.5. The topological polar surface area (TPSA) is 66.6 Å². The molecule has 0 atom stereocenters. The summed E-state index contributed by atoms with van der Waals surface area (Å²) in [4.78, 5) is 14.1. The number of hydrogen-bond donors (Lipinski definition) is 3. The molecule has 0 aromatic heterocycles. The van der Waals surface area contributed by atoms with E-state index in [-0.39, 0.29) is 22.4 Å².